The van der Waals surface area contributed by atoms with E-state index in [0.717, 1.165) is 0 Å². The zero-order valence-corrected chi connectivity index (χ0v) is 18.1. The van der Waals surface area contributed by atoms with Gasteiger partial charge in [-0.1, -0.05) is 84.9 Å². The van der Waals surface area contributed by atoms with Gasteiger partial charge in [0, 0.05) is 24.0 Å². The monoisotopic (exact) mass is 416 g/mol. The van der Waals surface area contributed by atoms with E-state index in [-0.39, 0.29) is 0 Å². The third kappa shape index (κ3) is 3.48. The van der Waals surface area contributed by atoms with Crippen LogP contribution in [0.3, 0.4) is 0 Å². The number of hydrogen-bond acceptors (Lipinski definition) is 1. The molecule has 0 spiro atoms. The lowest BCUT2D eigenvalue weighted by atomic mass is 10.1. The second kappa shape index (κ2) is 8.68. The van der Waals surface area contributed by atoms with Gasteiger partial charge in [-0.05, 0) is 42.0 Å². The number of benzene rings is 4. The topological polar surface area (TPSA) is 12.9 Å². The number of nitrogens with zero attached hydrogens (tertiary/aromatic N) is 1. The van der Waals surface area contributed by atoms with Crippen LogP contribution < -0.4 is 21.2 Å². The van der Waals surface area contributed by atoms with Gasteiger partial charge in [0.1, 0.15) is 28.5 Å². The Morgan fingerprint density at radius 2 is 0.871 bits per heavy atom. The third-order valence-electron chi connectivity index (χ3n) is 5.67. The van der Waals surface area contributed by atoms with Gasteiger partial charge in [0.15, 0.2) is 0 Å². The molecule has 0 atom stereocenters. The lowest BCUT2D eigenvalue weighted by molar-refractivity contribution is 1.34. The summed E-state index contributed by atoms with van der Waals surface area (Å²) in [6.45, 7) is 0. The van der Waals surface area contributed by atoms with Gasteiger partial charge in [-0.3, -0.25) is 4.98 Å². The summed E-state index contributed by atoms with van der Waals surface area (Å²) in [5.41, 5.74) is 2.38. The van der Waals surface area contributed by atoms with Crippen molar-refractivity contribution in [1.82, 2.24) is 4.98 Å². The quantitative estimate of drug-likeness (QED) is 0.351. The first-order chi connectivity index (χ1) is 15.4. The molecule has 0 N–H and O–H groups in total. The minimum Gasteiger partial charge on any atom is -0.264 e. The van der Waals surface area contributed by atoms with Crippen LogP contribution in [0.1, 0.15) is 0 Å². The Morgan fingerprint density at radius 1 is 0.452 bits per heavy atom. The van der Waals surface area contributed by atoms with Crippen molar-refractivity contribution in [3.63, 3.8) is 0 Å². The molecule has 0 radical (unpaired) electrons. The first-order valence-corrected chi connectivity index (χ1v) is 12.3. The molecular formula is C29H23NP+. The summed E-state index contributed by atoms with van der Waals surface area (Å²) in [5.74, 6) is 0. The van der Waals surface area contributed by atoms with Crippen molar-refractivity contribution in [3.05, 3.63) is 140 Å². The van der Waals surface area contributed by atoms with Gasteiger partial charge in [0.2, 0.25) is 0 Å². The fraction of sp³-hybridized carbons (Fsp3) is 0. The van der Waals surface area contributed by atoms with Crippen LogP contribution in [0, 0.1) is 0 Å². The minimum absolute atomic E-state index is 1.19. The number of hydrogen-bond donors (Lipinski definition) is 0. The van der Waals surface area contributed by atoms with Crippen molar-refractivity contribution in [3.8, 4) is 11.1 Å². The molecule has 0 unspecified atom stereocenters. The predicted molar refractivity (Wildman–Crippen MR) is 134 cm³/mol. The number of rotatable bonds is 5. The molecule has 0 amide bonds. The number of aromatic nitrogens is 1. The van der Waals surface area contributed by atoms with Crippen LogP contribution in [-0.4, -0.2) is 4.98 Å². The van der Waals surface area contributed by atoms with Crippen molar-refractivity contribution in [2.24, 2.45) is 0 Å². The lowest BCUT2D eigenvalue weighted by Gasteiger charge is -2.29. The Morgan fingerprint density at radius 3 is 1.32 bits per heavy atom. The molecule has 0 aliphatic carbocycles. The van der Waals surface area contributed by atoms with Crippen molar-refractivity contribution < 1.29 is 0 Å². The molecule has 1 aromatic heterocycles. The highest BCUT2D eigenvalue weighted by atomic mass is 31.2. The van der Waals surface area contributed by atoms with Gasteiger partial charge >= 0.3 is 0 Å². The summed E-state index contributed by atoms with van der Waals surface area (Å²) in [4.78, 5) is 4.53. The Hall–Kier alpha value is -3.54. The summed E-state index contributed by atoms with van der Waals surface area (Å²) in [6.07, 6.45) is 3.96. The van der Waals surface area contributed by atoms with Crippen LogP contribution in [0.2, 0.25) is 0 Å². The lowest BCUT2D eigenvalue weighted by Crippen LogP contribution is -2.39. The smallest absolute Gasteiger partial charge is 0.145 e. The van der Waals surface area contributed by atoms with Crippen molar-refractivity contribution in [2.45, 2.75) is 0 Å². The normalized spacial score (nSPS) is 11.2. The maximum absolute atomic E-state index is 4.53. The second-order valence-corrected chi connectivity index (χ2v) is 10.8. The standard InChI is InChI=1S/C29H23NP/c1-5-13-24(14-6-1)28-23-30-22-21-29(28)31(25-15-7-2-8-16-25,26-17-9-3-10-18-26)27-19-11-4-12-20-27/h1-23H/q+1. The number of pyridine rings is 1. The molecule has 1 heterocycles. The van der Waals surface area contributed by atoms with E-state index in [1.807, 2.05) is 12.4 Å². The molecule has 148 valence electrons. The fourth-order valence-corrected chi connectivity index (χ4v) is 8.76. The summed E-state index contributed by atoms with van der Waals surface area (Å²) in [5, 5.41) is 5.36. The minimum atomic E-state index is -2.15. The van der Waals surface area contributed by atoms with Crippen molar-refractivity contribution >= 4 is 28.5 Å². The molecular weight excluding hydrogens is 393 g/mol. The van der Waals surface area contributed by atoms with Gasteiger partial charge in [-0.2, -0.15) is 0 Å². The van der Waals surface area contributed by atoms with Crippen LogP contribution >= 0.6 is 7.26 Å². The third-order valence-corrected chi connectivity index (χ3v) is 10.0. The van der Waals surface area contributed by atoms with E-state index in [4.69, 9.17) is 0 Å². The van der Waals surface area contributed by atoms with E-state index in [0.29, 0.717) is 0 Å². The van der Waals surface area contributed by atoms with E-state index in [1.54, 1.807) is 0 Å². The molecule has 0 saturated carbocycles. The zero-order chi connectivity index (χ0) is 20.9. The van der Waals surface area contributed by atoms with Crippen LogP contribution in [0.4, 0.5) is 0 Å². The Bertz CT molecular complexity index is 1160. The molecule has 0 bridgehead atoms. The van der Waals surface area contributed by atoms with Crippen LogP contribution in [-0.2, 0) is 0 Å². The van der Waals surface area contributed by atoms with E-state index in [1.165, 1.54) is 32.3 Å². The zero-order valence-electron chi connectivity index (χ0n) is 17.2. The average Bonchev–Trinajstić information content (AvgIpc) is 2.87. The van der Waals surface area contributed by atoms with Crippen molar-refractivity contribution in [1.29, 1.82) is 0 Å². The van der Waals surface area contributed by atoms with Gasteiger partial charge in [0.25, 0.3) is 0 Å². The van der Waals surface area contributed by atoms with Gasteiger partial charge in [-0.15, -0.1) is 0 Å². The summed E-state index contributed by atoms with van der Waals surface area (Å²) < 4.78 is 0. The predicted octanol–water partition coefficient (Wildman–Crippen LogP) is 5.37. The van der Waals surface area contributed by atoms with Crippen LogP contribution in [0.15, 0.2) is 140 Å². The average molecular weight is 416 g/mol. The van der Waals surface area contributed by atoms with E-state index in [9.17, 15) is 0 Å². The van der Waals surface area contributed by atoms with E-state index < -0.39 is 7.26 Å². The first-order valence-electron chi connectivity index (χ1n) is 10.5. The Kier molecular flexibility index (Phi) is 5.44. The first kappa shape index (κ1) is 19.4. The molecule has 2 heteroatoms. The SMILES string of the molecule is c1ccc(-c2cnccc2[P+](c2ccccc2)(c2ccccc2)c2ccccc2)cc1. The van der Waals surface area contributed by atoms with Gasteiger partial charge in [0.05, 0.1) is 0 Å². The van der Waals surface area contributed by atoms with Gasteiger partial charge in [-0.25, -0.2) is 0 Å². The molecule has 0 saturated heterocycles. The molecule has 0 fully saturated rings. The summed E-state index contributed by atoms with van der Waals surface area (Å²) in [6, 6.07) is 45.7. The fourth-order valence-electron chi connectivity index (χ4n) is 4.34. The Balaban J connectivity index is 1.94. The molecule has 0 aliphatic heterocycles. The maximum atomic E-state index is 4.53. The Labute approximate surface area is 184 Å². The summed E-state index contributed by atoms with van der Waals surface area (Å²) >= 11 is 0. The van der Waals surface area contributed by atoms with Gasteiger partial charge < -0.3 is 0 Å². The second-order valence-electron chi connectivity index (χ2n) is 7.44. The largest absolute Gasteiger partial charge is 0.264 e. The highest BCUT2D eigenvalue weighted by Crippen LogP contribution is 2.55. The highest BCUT2D eigenvalue weighted by Gasteiger charge is 2.49. The van der Waals surface area contributed by atoms with Crippen LogP contribution in [0.25, 0.3) is 11.1 Å². The van der Waals surface area contributed by atoms with E-state index >= 15 is 0 Å². The highest BCUT2D eigenvalue weighted by molar-refractivity contribution is 8.01. The summed E-state index contributed by atoms with van der Waals surface area (Å²) in [7, 11) is -2.15. The molecule has 5 rings (SSSR count). The molecule has 4 aromatic carbocycles. The van der Waals surface area contributed by atoms with Crippen LogP contribution in [0.5, 0.6) is 0 Å². The molecule has 31 heavy (non-hydrogen) atoms. The molecule has 0 aliphatic rings. The molecule has 1 nitrogen and oxygen atoms in total. The van der Waals surface area contributed by atoms with Crippen molar-refractivity contribution in [2.75, 3.05) is 0 Å². The van der Waals surface area contributed by atoms with E-state index in [2.05, 4.69) is 132 Å². The maximum Gasteiger partial charge on any atom is 0.145 e. The molecule has 5 aromatic rings.